The first-order valence-corrected chi connectivity index (χ1v) is 9.44. The van der Waals surface area contributed by atoms with Crippen molar-refractivity contribution in [2.24, 2.45) is 0 Å². The third-order valence-corrected chi connectivity index (χ3v) is 6.20. The SMILES string of the molecule is CCCS(=O)(=O)N1CC2(C[C@H](Oc3ncccc3F)CCO2)C1. The molecule has 0 radical (unpaired) electrons. The molecule has 0 bridgehead atoms. The zero-order valence-corrected chi connectivity index (χ0v) is 13.9. The summed E-state index contributed by atoms with van der Waals surface area (Å²) >= 11 is 0. The number of hydrogen-bond donors (Lipinski definition) is 0. The fourth-order valence-corrected chi connectivity index (χ4v) is 4.74. The molecule has 0 unspecified atom stereocenters. The van der Waals surface area contributed by atoms with Gasteiger partial charge in [0, 0.05) is 32.1 Å². The van der Waals surface area contributed by atoms with E-state index in [1.807, 2.05) is 6.92 Å². The Kier molecular flexibility index (Phi) is 4.57. The van der Waals surface area contributed by atoms with Gasteiger partial charge in [0.15, 0.2) is 5.82 Å². The summed E-state index contributed by atoms with van der Waals surface area (Å²) in [5, 5.41) is 0. The van der Waals surface area contributed by atoms with Gasteiger partial charge in [0.05, 0.1) is 18.0 Å². The van der Waals surface area contributed by atoms with Crippen LogP contribution < -0.4 is 4.74 Å². The van der Waals surface area contributed by atoms with Crippen molar-refractivity contribution >= 4 is 10.0 Å². The van der Waals surface area contributed by atoms with Crippen LogP contribution in [0.3, 0.4) is 0 Å². The second-order valence-corrected chi connectivity index (χ2v) is 8.23. The fraction of sp³-hybridized carbons (Fsp3) is 0.667. The summed E-state index contributed by atoms with van der Waals surface area (Å²) in [7, 11) is -3.19. The number of aromatic nitrogens is 1. The van der Waals surface area contributed by atoms with E-state index in [-0.39, 0.29) is 17.7 Å². The average Bonchev–Trinajstić information content (AvgIpc) is 2.47. The van der Waals surface area contributed by atoms with Crippen molar-refractivity contribution in [3.63, 3.8) is 0 Å². The van der Waals surface area contributed by atoms with Crippen LogP contribution >= 0.6 is 0 Å². The van der Waals surface area contributed by atoms with Crippen molar-refractivity contribution in [3.8, 4) is 5.88 Å². The van der Waals surface area contributed by atoms with Crippen molar-refractivity contribution in [2.75, 3.05) is 25.4 Å². The van der Waals surface area contributed by atoms with Crippen LogP contribution in [0.4, 0.5) is 4.39 Å². The number of hydrogen-bond acceptors (Lipinski definition) is 5. The lowest BCUT2D eigenvalue weighted by atomic mass is 9.86. The summed E-state index contributed by atoms with van der Waals surface area (Å²) in [6.45, 7) is 3.01. The average molecular weight is 344 g/mol. The molecule has 0 N–H and O–H groups in total. The summed E-state index contributed by atoms with van der Waals surface area (Å²) < 4.78 is 50.6. The molecule has 2 saturated heterocycles. The molecule has 3 heterocycles. The van der Waals surface area contributed by atoms with E-state index in [4.69, 9.17) is 9.47 Å². The van der Waals surface area contributed by atoms with Gasteiger partial charge in [-0.05, 0) is 18.6 Å². The molecule has 1 aromatic heterocycles. The molecule has 2 aliphatic rings. The molecule has 6 nitrogen and oxygen atoms in total. The predicted molar refractivity (Wildman–Crippen MR) is 82.2 cm³/mol. The number of halogens is 1. The second kappa shape index (κ2) is 6.33. The highest BCUT2D eigenvalue weighted by Gasteiger charge is 2.51. The minimum atomic E-state index is -3.19. The van der Waals surface area contributed by atoms with E-state index in [1.165, 1.54) is 22.6 Å². The van der Waals surface area contributed by atoms with Gasteiger partial charge in [-0.3, -0.25) is 0 Å². The predicted octanol–water partition coefficient (Wildman–Crippen LogP) is 1.57. The molecule has 1 aromatic rings. The van der Waals surface area contributed by atoms with Gasteiger partial charge in [0.25, 0.3) is 5.88 Å². The van der Waals surface area contributed by atoms with Crippen molar-refractivity contribution in [3.05, 3.63) is 24.1 Å². The highest BCUT2D eigenvalue weighted by Crippen LogP contribution is 2.37. The normalized spacial score (nSPS) is 24.3. The van der Waals surface area contributed by atoms with Gasteiger partial charge in [0.2, 0.25) is 10.0 Å². The summed E-state index contributed by atoms with van der Waals surface area (Å²) in [5.41, 5.74) is -0.505. The molecule has 2 fully saturated rings. The van der Waals surface area contributed by atoms with Crippen LogP contribution in [-0.4, -0.2) is 54.9 Å². The Labute approximate surface area is 135 Å². The smallest absolute Gasteiger partial charge is 0.250 e. The molecule has 1 spiro atoms. The van der Waals surface area contributed by atoms with Crippen molar-refractivity contribution in [1.29, 1.82) is 0 Å². The Bertz CT molecular complexity index is 661. The van der Waals surface area contributed by atoms with Crippen LogP contribution in [0.2, 0.25) is 0 Å². The van der Waals surface area contributed by atoms with Gasteiger partial charge < -0.3 is 9.47 Å². The first kappa shape index (κ1) is 16.6. The highest BCUT2D eigenvalue weighted by atomic mass is 32.2. The Morgan fingerprint density at radius 3 is 3.00 bits per heavy atom. The maximum atomic E-state index is 13.6. The van der Waals surface area contributed by atoms with Gasteiger partial charge in [0.1, 0.15) is 6.10 Å². The minimum Gasteiger partial charge on any atom is -0.472 e. The van der Waals surface area contributed by atoms with E-state index < -0.39 is 21.4 Å². The quantitative estimate of drug-likeness (QED) is 0.811. The topological polar surface area (TPSA) is 68.7 Å². The Morgan fingerprint density at radius 2 is 2.30 bits per heavy atom. The van der Waals surface area contributed by atoms with Gasteiger partial charge in [-0.25, -0.2) is 17.8 Å². The van der Waals surface area contributed by atoms with Crippen LogP contribution in [0.15, 0.2) is 18.3 Å². The van der Waals surface area contributed by atoms with E-state index in [9.17, 15) is 12.8 Å². The summed E-state index contributed by atoms with van der Waals surface area (Å²) in [5.74, 6) is -0.347. The lowest BCUT2D eigenvalue weighted by molar-refractivity contribution is -0.165. The summed E-state index contributed by atoms with van der Waals surface area (Å²) in [4.78, 5) is 3.90. The molecule has 8 heteroatoms. The lowest BCUT2D eigenvalue weighted by Gasteiger charge is -2.52. The summed E-state index contributed by atoms with van der Waals surface area (Å²) in [6.07, 6.45) is 3.04. The first-order valence-electron chi connectivity index (χ1n) is 7.83. The zero-order valence-electron chi connectivity index (χ0n) is 13.1. The van der Waals surface area contributed by atoms with Crippen LogP contribution in [0.25, 0.3) is 0 Å². The molecule has 2 aliphatic heterocycles. The molecular weight excluding hydrogens is 323 g/mol. The van der Waals surface area contributed by atoms with E-state index in [1.54, 1.807) is 0 Å². The third-order valence-electron chi connectivity index (χ3n) is 4.24. The van der Waals surface area contributed by atoms with E-state index in [0.29, 0.717) is 39.0 Å². The molecule has 1 atom stereocenters. The molecule has 0 aliphatic carbocycles. The molecule has 128 valence electrons. The van der Waals surface area contributed by atoms with Crippen LogP contribution in [0.1, 0.15) is 26.2 Å². The van der Waals surface area contributed by atoms with Crippen molar-refractivity contribution in [2.45, 2.75) is 37.9 Å². The Morgan fingerprint density at radius 1 is 1.52 bits per heavy atom. The Balaban J connectivity index is 1.61. The number of pyridine rings is 1. The van der Waals surface area contributed by atoms with Crippen LogP contribution in [0.5, 0.6) is 5.88 Å². The zero-order chi connectivity index (χ0) is 16.5. The summed E-state index contributed by atoms with van der Waals surface area (Å²) in [6, 6.07) is 2.82. The maximum absolute atomic E-state index is 13.6. The molecule has 3 rings (SSSR count). The lowest BCUT2D eigenvalue weighted by Crippen LogP contribution is -2.67. The van der Waals surface area contributed by atoms with Gasteiger partial charge in [-0.2, -0.15) is 4.31 Å². The third kappa shape index (κ3) is 3.49. The minimum absolute atomic E-state index is 0.00988. The highest BCUT2D eigenvalue weighted by molar-refractivity contribution is 7.89. The maximum Gasteiger partial charge on any atom is 0.250 e. The molecule has 0 saturated carbocycles. The second-order valence-electron chi connectivity index (χ2n) is 6.14. The molecule has 0 amide bonds. The van der Waals surface area contributed by atoms with Gasteiger partial charge in [-0.15, -0.1) is 0 Å². The largest absolute Gasteiger partial charge is 0.472 e. The monoisotopic (exact) mass is 344 g/mol. The first-order chi connectivity index (χ1) is 10.9. The number of sulfonamides is 1. The number of ether oxygens (including phenoxy) is 2. The van der Waals surface area contributed by atoms with Crippen molar-refractivity contribution in [1.82, 2.24) is 9.29 Å². The molecule has 0 aromatic carbocycles. The molecule has 23 heavy (non-hydrogen) atoms. The standard InChI is InChI=1S/C15H21FN2O4S/c1-2-8-23(19,20)18-10-15(11-18)9-12(5-7-21-15)22-14-13(16)4-3-6-17-14/h3-4,6,12H,2,5,7-11H2,1H3/t12-/m1/s1. The van der Waals surface area contributed by atoms with E-state index >= 15 is 0 Å². The van der Waals surface area contributed by atoms with Gasteiger partial charge >= 0.3 is 0 Å². The fourth-order valence-electron chi connectivity index (χ4n) is 3.10. The molecular formula is C15H21FN2O4S. The van der Waals surface area contributed by atoms with Crippen molar-refractivity contribution < 1.29 is 22.3 Å². The number of rotatable bonds is 5. The van der Waals surface area contributed by atoms with Crippen LogP contribution in [-0.2, 0) is 14.8 Å². The van der Waals surface area contributed by atoms with Crippen LogP contribution in [0, 0.1) is 5.82 Å². The van der Waals surface area contributed by atoms with E-state index in [0.717, 1.165) is 0 Å². The van der Waals surface area contributed by atoms with Gasteiger partial charge in [-0.1, -0.05) is 6.92 Å². The van der Waals surface area contributed by atoms with E-state index in [2.05, 4.69) is 4.98 Å². The number of nitrogens with zero attached hydrogens (tertiary/aromatic N) is 2. The Hall–Kier alpha value is -1.25.